The third kappa shape index (κ3) is 23.5. The summed E-state index contributed by atoms with van der Waals surface area (Å²) in [6.45, 7) is 15.1. The molecule has 12 N–H and O–H groups in total. The Morgan fingerprint density at radius 2 is 0.814 bits per heavy atom. The minimum Gasteiger partial charge on any atom is -0.508 e. The first-order valence-corrected chi connectivity index (χ1v) is 38.1. The maximum Gasteiger partial charge on any atom is 0.320 e. The number of nitrogens with one attached hydrogen (secondary N) is 4. The van der Waals surface area contributed by atoms with Crippen LogP contribution in [0.3, 0.4) is 0 Å². The molecule has 9 rings (SSSR count). The van der Waals surface area contributed by atoms with Crippen LogP contribution >= 0.6 is 0 Å². The Hall–Kier alpha value is -11.2. The van der Waals surface area contributed by atoms with Crippen molar-refractivity contribution in [3.63, 3.8) is 0 Å². The van der Waals surface area contributed by atoms with Gasteiger partial charge in [0.05, 0.1) is 30.8 Å². The molecule has 4 aromatic carbocycles. The highest BCUT2D eigenvalue weighted by atomic mass is 16.4. The van der Waals surface area contributed by atoms with Crippen molar-refractivity contribution < 1.29 is 88.8 Å². The average Bonchev–Trinajstić information content (AvgIpc) is 1.68. The van der Waals surface area contributed by atoms with Crippen molar-refractivity contribution in [2.24, 2.45) is 0 Å². The van der Waals surface area contributed by atoms with Crippen LogP contribution in [-0.2, 0) is 51.4 Å². The van der Waals surface area contributed by atoms with Crippen LogP contribution in [0.15, 0.2) is 72.8 Å². The summed E-state index contributed by atoms with van der Waals surface area (Å²) in [6, 6.07) is 17.8. The molecule has 3 aliphatic rings. The highest BCUT2D eigenvalue weighted by Gasteiger charge is 2.34. The number of hydrogen-bond acceptors (Lipinski definition) is 24. The van der Waals surface area contributed by atoms with Gasteiger partial charge in [-0.15, -0.1) is 20.4 Å². The Balaban J connectivity index is 0.836. The van der Waals surface area contributed by atoms with Crippen LogP contribution < -0.4 is 21.3 Å². The molecule has 3 saturated heterocycles. The maximum absolute atomic E-state index is 14.3. The zero-order chi connectivity index (χ0) is 81.7. The van der Waals surface area contributed by atoms with Gasteiger partial charge in [-0.2, -0.15) is 0 Å². The third-order valence-electron chi connectivity index (χ3n) is 20.3. The Labute approximate surface area is 653 Å². The maximum atomic E-state index is 14.3. The number of aromatic hydroxyl groups is 4. The zero-order valence-corrected chi connectivity index (χ0v) is 64.7. The molecule has 36 nitrogen and oxygen atoms in total. The highest BCUT2D eigenvalue weighted by Crippen LogP contribution is 2.40. The number of aromatic nitrogens is 6. The molecule has 6 amide bonds. The Morgan fingerprint density at radius 1 is 0.434 bits per heavy atom. The molecule has 0 saturated carbocycles. The van der Waals surface area contributed by atoms with Gasteiger partial charge in [0.25, 0.3) is 11.8 Å². The van der Waals surface area contributed by atoms with Gasteiger partial charge >= 0.3 is 23.9 Å². The number of rotatable bonds is 33. The lowest BCUT2D eigenvalue weighted by Gasteiger charge is -2.35. The second-order valence-corrected chi connectivity index (χ2v) is 29.0. The molecule has 0 bridgehead atoms. The molecule has 0 aliphatic carbocycles. The number of amides is 6. The van der Waals surface area contributed by atoms with Crippen LogP contribution in [0.2, 0.25) is 0 Å². The van der Waals surface area contributed by atoms with E-state index in [2.05, 4.69) is 51.5 Å². The van der Waals surface area contributed by atoms with Gasteiger partial charge in [-0.1, -0.05) is 52.0 Å². The Morgan fingerprint density at radius 3 is 1.19 bits per heavy atom. The number of aliphatic carboxylic acids is 4. The van der Waals surface area contributed by atoms with Crippen LogP contribution in [-0.4, -0.2) is 325 Å². The quantitative estimate of drug-likeness (QED) is 0.0281. The average molecular weight is 1570 g/mol. The number of piperazine rings is 2. The van der Waals surface area contributed by atoms with Crippen LogP contribution in [0.5, 0.6) is 23.0 Å². The SMILES string of the molecule is CCNC(=O)c1nnc(-c2cc(C(C)C)c(O)cc2O)n1-c1ccc(CN2CCN(C(=O)CCNC(=O)[C@@H](CCC(=O)N3CCN(Cc4ccc(-n5c(C(=O)NCC)nnc5-c5cc(C(C)C)c(O)cc5O)cc4)CC3)NC(=O)CC[C@H](C(=O)O)N3CCN(CC(=O)O)CCN(CC(=O)O)CCN(CC(=O)O)CC3)CC2)cc1. The van der Waals surface area contributed by atoms with E-state index in [1.807, 2.05) is 64.1 Å². The number of carbonyl (C=O) groups is 10. The van der Waals surface area contributed by atoms with E-state index in [1.54, 1.807) is 67.2 Å². The molecule has 5 heterocycles. The van der Waals surface area contributed by atoms with E-state index in [0.717, 1.165) is 11.1 Å². The van der Waals surface area contributed by atoms with E-state index in [1.165, 1.54) is 21.6 Å². The first-order chi connectivity index (χ1) is 54.0. The van der Waals surface area contributed by atoms with Crippen molar-refractivity contribution in [2.75, 3.05) is 144 Å². The predicted octanol–water partition coefficient (Wildman–Crippen LogP) is 2.22. The lowest BCUT2D eigenvalue weighted by Crippen LogP contribution is -2.52. The third-order valence-corrected chi connectivity index (χ3v) is 20.3. The fourth-order valence-corrected chi connectivity index (χ4v) is 14.2. The Kier molecular flexibility index (Phi) is 30.6. The molecule has 610 valence electrons. The lowest BCUT2D eigenvalue weighted by molar-refractivity contribution is -0.145. The number of phenols is 4. The molecule has 0 radical (unpaired) electrons. The number of nitrogens with zero attached hydrogens (tertiary/aromatic N) is 14. The van der Waals surface area contributed by atoms with Gasteiger partial charge in [-0.25, -0.2) is 0 Å². The number of carboxylic acid groups (broad SMARTS) is 4. The van der Waals surface area contributed by atoms with Crippen molar-refractivity contribution >= 4 is 59.3 Å². The van der Waals surface area contributed by atoms with Gasteiger partial charge in [0.15, 0.2) is 11.6 Å². The van der Waals surface area contributed by atoms with Crippen molar-refractivity contribution in [3.8, 4) is 57.1 Å². The van der Waals surface area contributed by atoms with Crippen molar-refractivity contribution in [3.05, 3.63) is 107 Å². The molecule has 3 fully saturated rings. The van der Waals surface area contributed by atoms with Gasteiger partial charge < -0.3 is 71.9 Å². The molecule has 2 aromatic heterocycles. The number of carboxylic acids is 4. The number of benzene rings is 4. The van der Waals surface area contributed by atoms with Crippen molar-refractivity contribution in [1.29, 1.82) is 0 Å². The first-order valence-electron chi connectivity index (χ1n) is 38.1. The summed E-state index contributed by atoms with van der Waals surface area (Å²) in [7, 11) is 0. The van der Waals surface area contributed by atoms with Crippen LogP contribution in [0.4, 0.5) is 0 Å². The first kappa shape index (κ1) is 85.8. The minimum absolute atomic E-state index is 0.00904. The van der Waals surface area contributed by atoms with Crippen LogP contribution in [0, 0.1) is 0 Å². The fraction of sp³-hybridized carbons (Fsp3) is 0.506. The summed E-state index contributed by atoms with van der Waals surface area (Å²) in [5.41, 5.74) is 4.56. The van der Waals surface area contributed by atoms with E-state index in [-0.39, 0.29) is 172 Å². The molecule has 2 atom stereocenters. The predicted molar refractivity (Wildman–Crippen MR) is 411 cm³/mol. The van der Waals surface area contributed by atoms with E-state index in [4.69, 9.17) is 0 Å². The number of hydrogen-bond donors (Lipinski definition) is 12. The standard InChI is InChI=1S/C77H104N18O18/c1-7-78-75(110)72-84-82-70(56-39-54(48(3)4)60(96)41-62(56)98)94(72)52-13-9-50(10-14-52)43-86-29-35-92(36-30-86)65(101)20-17-58(81-64(100)19-18-59(77(112)113)91-33-27-89(46-68(105)106)25-23-88(45-67(103)104)24-26-90(28-34-91)47-69(107)108)74(109)80-22-21-66(102)93-37-31-87(32-38-93)44-51-11-15-53(16-12-51)95-71(83-85-73(95)76(111)79-8-2)57-40-55(49(5)6)61(97)42-63(57)99/h9-16,39-42,48-49,58-59,96-99H,7-8,17-38,43-47H2,1-6H3,(H,78,110)(H,79,111)(H,80,109)(H,81,100)(H,103,104)(H,105,106)(H,107,108)(H,112,113)/t58-,59-/m1/s1. The van der Waals surface area contributed by atoms with Gasteiger partial charge in [-0.3, -0.25) is 86.5 Å². The highest BCUT2D eigenvalue weighted by molar-refractivity contribution is 5.93. The summed E-state index contributed by atoms with van der Waals surface area (Å²) in [6.07, 6.45) is -1.22. The van der Waals surface area contributed by atoms with Crippen molar-refractivity contribution in [1.82, 2.24) is 90.0 Å². The monoisotopic (exact) mass is 1570 g/mol. The molecule has 0 spiro atoms. The van der Waals surface area contributed by atoms with Gasteiger partial charge in [0.2, 0.25) is 35.3 Å². The second-order valence-electron chi connectivity index (χ2n) is 29.0. The van der Waals surface area contributed by atoms with Gasteiger partial charge in [0.1, 0.15) is 35.1 Å². The van der Waals surface area contributed by atoms with Crippen LogP contribution in [0.1, 0.15) is 129 Å². The summed E-state index contributed by atoms with van der Waals surface area (Å²) in [4.78, 5) is 146. The molecular weight excluding hydrogens is 1460 g/mol. The lowest BCUT2D eigenvalue weighted by atomic mass is 9.98. The summed E-state index contributed by atoms with van der Waals surface area (Å²) in [5, 5.41) is 111. The minimum atomic E-state index is -1.36. The summed E-state index contributed by atoms with van der Waals surface area (Å²) in [5.74, 6) is -8.27. The molecular formula is C77H104N18O18. The molecule has 3 aliphatic heterocycles. The van der Waals surface area contributed by atoms with Gasteiger partial charge in [0, 0.05) is 180 Å². The van der Waals surface area contributed by atoms with E-state index < -0.39 is 79.1 Å². The summed E-state index contributed by atoms with van der Waals surface area (Å²) >= 11 is 0. The van der Waals surface area contributed by atoms with Crippen molar-refractivity contribution in [2.45, 2.75) is 111 Å². The summed E-state index contributed by atoms with van der Waals surface area (Å²) < 4.78 is 3.09. The normalized spacial score (nSPS) is 16.1. The van der Waals surface area contributed by atoms with Crippen LogP contribution in [0.25, 0.3) is 34.2 Å². The smallest absolute Gasteiger partial charge is 0.320 e. The van der Waals surface area contributed by atoms with E-state index in [9.17, 15) is 88.8 Å². The second kappa shape index (κ2) is 40.3. The molecule has 113 heavy (non-hydrogen) atoms. The fourth-order valence-electron chi connectivity index (χ4n) is 14.2. The molecule has 36 heteroatoms. The molecule has 6 aromatic rings. The Bertz CT molecular complexity index is 4310. The topological polar surface area (TPSA) is 468 Å². The number of phenolic OH excluding ortho intramolecular Hbond substituents is 4. The van der Waals surface area contributed by atoms with E-state index >= 15 is 0 Å². The molecule has 0 unspecified atom stereocenters. The largest absolute Gasteiger partial charge is 0.508 e. The van der Waals surface area contributed by atoms with E-state index in [0.29, 0.717) is 101 Å². The zero-order valence-electron chi connectivity index (χ0n) is 64.7. The van der Waals surface area contributed by atoms with Gasteiger partial charge in [-0.05, 0) is 97.2 Å². The number of carbonyl (C=O) groups excluding carboxylic acids is 6.